The molecule has 0 saturated carbocycles. The lowest BCUT2D eigenvalue weighted by molar-refractivity contribution is -0.141. The van der Waals surface area contributed by atoms with Crippen molar-refractivity contribution >= 4 is 11.9 Å². The van der Waals surface area contributed by atoms with Crippen LogP contribution in [0.1, 0.15) is 51.9 Å². The van der Waals surface area contributed by atoms with Gasteiger partial charge in [-0.2, -0.15) is 13.2 Å². The summed E-state index contributed by atoms with van der Waals surface area (Å²) in [7, 11) is 1.96. The van der Waals surface area contributed by atoms with E-state index in [0.29, 0.717) is 0 Å². The Balaban J connectivity index is 3.72. The van der Waals surface area contributed by atoms with Crippen molar-refractivity contribution in [3.63, 3.8) is 0 Å². The molecule has 1 aromatic rings. The highest BCUT2D eigenvalue weighted by molar-refractivity contribution is 6.05. The molecule has 8 heteroatoms. The molecule has 0 bridgehead atoms. The maximum atomic E-state index is 13.0. The minimum Gasteiger partial charge on any atom is -0.465 e. The van der Waals surface area contributed by atoms with Crippen molar-refractivity contribution in [1.82, 2.24) is 4.98 Å². The van der Waals surface area contributed by atoms with Crippen LogP contribution < -0.4 is 0 Å². The Bertz CT molecular complexity index is 532. The van der Waals surface area contributed by atoms with E-state index >= 15 is 0 Å². The first kappa shape index (κ1) is 16.1. The third kappa shape index (κ3) is 2.78. The number of hydrogen-bond donors (Lipinski definition) is 1. The lowest BCUT2D eigenvalue weighted by atomic mass is 10.0. The highest BCUT2D eigenvalue weighted by Gasteiger charge is 2.42. The third-order valence-electron chi connectivity index (χ3n) is 2.67. The number of rotatable bonds is 3. The number of ether oxygens (including phenoxy) is 2. The molecule has 0 aromatic carbocycles. The normalized spacial score (nSPS) is 11.6. The van der Waals surface area contributed by atoms with Crippen LogP contribution in [0.15, 0.2) is 0 Å². The highest BCUT2D eigenvalue weighted by Crippen LogP contribution is 2.37. The molecule has 0 fully saturated rings. The average molecular weight is 293 g/mol. The molecule has 0 unspecified atom stereocenters. The Morgan fingerprint density at radius 1 is 1.05 bits per heavy atom. The van der Waals surface area contributed by atoms with Crippen LogP contribution >= 0.6 is 0 Å². The summed E-state index contributed by atoms with van der Waals surface area (Å²) in [6.45, 7) is 3.17. The summed E-state index contributed by atoms with van der Waals surface area (Å²) >= 11 is 0. The topological polar surface area (TPSA) is 68.4 Å². The first-order valence-corrected chi connectivity index (χ1v) is 5.64. The van der Waals surface area contributed by atoms with Gasteiger partial charge >= 0.3 is 18.1 Å². The molecule has 1 aromatic heterocycles. The van der Waals surface area contributed by atoms with Gasteiger partial charge in [-0.15, -0.1) is 0 Å². The van der Waals surface area contributed by atoms with Crippen LogP contribution in [0, 0.1) is 0 Å². The van der Waals surface area contributed by atoms with E-state index in [1.54, 1.807) is 13.8 Å². The number of alkyl halides is 3. The molecule has 5 nitrogen and oxygen atoms in total. The molecule has 1 rings (SSSR count). The fourth-order valence-electron chi connectivity index (χ4n) is 1.79. The van der Waals surface area contributed by atoms with Crippen molar-refractivity contribution in [2.75, 3.05) is 14.2 Å². The van der Waals surface area contributed by atoms with Crippen molar-refractivity contribution in [3.8, 4) is 0 Å². The maximum Gasteiger partial charge on any atom is 0.432 e. The van der Waals surface area contributed by atoms with Crippen LogP contribution in [0.25, 0.3) is 0 Å². The van der Waals surface area contributed by atoms with Crippen molar-refractivity contribution in [2.45, 2.75) is 25.9 Å². The standard InChI is InChI=1S/C12H14F3NO4/c1-5(2)8-6(10(17)19-3)7(11(18)20-4)9(16-8)12(13,14)15/h5,16H,1-4H3. The van der Waals surface area contributed by atoms with Crippen LogP contribution in [0.3, 0.4) is 0 Å². The SMILES string of the molecule is COC(=O)c1c(C(C)C)[nH]c(C(F)(F)F)c1C(=O)OC. The minimum atomic E-state index is -4.82. The van der Waals surface area contributed by atoms with Gasteiger partial charge in [-0.25, -0.2) is 9.59 Å². The van der Waals surface area contributed by atoms with Gasteiger partial charge in [0.1, 0.15) is 11.3 Å². The second-order valence-corrected chi connectivity index (χ2v) is 4.30. The second-order valence-electron chi connectivity index (χ2n) is 4.30. The number of carbonyl (C=O) groups excluding carboxylic acids is 2. The van der Waals surface area contributed by atoms with Crippen molar-refractivity contribution in [3.05, 3.63) is 22.5 Å². The van der Waals surface area contributed by atoms with E-state index in [9.17, 15) is 22.8 Å². The monoisotopic (exact) mass is 293 g/mol. The minimum absolute atomic E-state index is 0.0235. The van der Waals surface area contributed by atoms with E-state index in [4.69, 9.17) is 0 Å². The number of methoxy groups -OCH3 is 2. The van der Waals surface area contributed by atoms with Crippen LogP contribution in [0.5, 0.6) is 0 Å². The number of esters is 2. The molecule has 0 aliphatic rings. The summed E-state index contributed by atoms with van der Waals surface area (Å²) in [5.41, 5.74) is -2.63. The highest BCUT2D eigenvalue weighted by atomic mass is 19.4. The predicted octanol–water partition coefficient (Wildman–Crippen LogP) is 2.73. The van der Waals surface area contributed by atoms with Crippen LogP contribution in [-0.4, -0.2) is 31.1 Å². The largest absolute Gasteiger partial charge is 0.465 e. The molecule has 112 valence electrons. The molecule has 0 aliphatic heterocycles. The van der Waals surface area contributed by atoms with Gasteiger partial charge in [0.05, 0.1) is 19.8 Å². The Morgan fingerprint density at radius 2 is 1.50 bits per heavy atom. The Hall–Kier alpha value is -1.99. The lowest BCUT2D eigenvalue weighted by Crippen LogP contribution is -2.16. The predicted molar refractivity (Wildman–Crippen MR) is 62.6 cm³/mol. The van der Waals surface area contributed by atoms with Crippen LogP contribution in [-0.2, 0) is 15.7 Å². The summed E-state index contributed by atoms with van der Waals surface area (Å²) in [6, 6.07) is 0. The van der Waals surface area contributed by atoms with E-state index < -0.39 is 40.9 Å². The third-order valence-corrected chi connectivity index (χ3v) is 2.67. The number of carbonyl (C=O) groups is 2. The van der Waals surface area contributed by atoms with Crippen molar-refractivity contribution < 1.29 is 32.2 Å². The smallest absolute Gasteiger partial charge is 0.432 e. The Labute approximate surface area is 113 Å². The van der Waals surface area contributed by atoms with Gasteiger partial charge in [0.25, 0.3) is 0 Å². The van der Waals surface area contributed by atoms with Gasteiger partial charge in [-0.05, 0) is 5.92 Å². The summed E-state index contributed by atoms with van der Waals surface area (Å²) in [4.78, 5) is 25.4. The Kier molecular flexibility index (Phi) is 4.46. The van der Waals surface area contributed by atoms with E-state index in [2.05, 4.69) is 14.5 Å². The molecule has 0 spiro atoms. The quantitative estimate of drug-likeness (QED) is 0.870. The van der Waals surface area contributed by atoms with Crippen LogP contribution in [0.2, 0.25) is 0 Å². The maximum absolute atomic E-state index is 13.0. The average Bonchev–Trinajstić information content (AvgIpc) is 2.77. The summed E-state index contributed by atoms with van der Waals surface area (Å²) in [5, 5.41) is 0. The molecular weight excluding hydrogens is 279 g/mol. The van der Waals surface area contributed by atoms with Gasteiger partial charge in [0.15, 0.2) is 0 Å². The lowest BCUT2D eigenvalue weighted by Gasteiger charge is -2.07. The molecule has 0 aliphatic carbocycles. The number of hydrogen-bond acceptors (Lipinski definition) is 4. The number of nitrogens with one attached hydrogen (secondary N) is 1. The fourth-order valence-corrected chi connectivity index (χ4v) is 1.79. The van der Waals surface area contributed by atoms with Gasteiger partial charge < -0.3 is 14.5 Å². The van der Waals surface area contributed by atoms with Gasteiger partial charge in [0.2, 0.25) is 0 Å². The fraction of sp³-hybridized carbons (Fsp3) is 0.500. The molecule has 0 amide bonds. The van der Waals surface area contributed by atoms with E-state index in [1.165, 1.54) is 0 Å². The first-order chi connectivity index (χ1) is 9.15. The van der Waals surface area contributed by atoms with Crippen LogP contribution in [0.4, 0.5) is 13.2 Å². The molecule has 0 saturated heterocycles. The molecule has 20 heavy (non-hydrogen) atoms. The zero-order valence-electron chi connectivity index (χ0n) is 11.3. The van der Waals surface area contributed by atoms with Crippen molar-refractivity contribution in [2.24, 2.45) is 0 Å². The molecular formula is C12H14F3NO4. The van der Waals surface area contributed by atoms with E-state index in [1.807, 2.05) is 0 Å². The van der Waals surface area contributed by atoms with Crippen molar-refractivity contribution in [1.29, 1.82) is 0 Å². The molecule has 1 heterocycles. The number of halogens is 3. The second kappa shape index (κ2) is 5.56. The molecule has 0 atom stereocenters. The number of H-pyrrole nitrogens is 1. The van der Waals surface area contributed by atoms with E-state index in [0.717, 1.165) is 14.2 Å². The zero-order valence-corrected chi connectivity index (χ0v) is 11.3. The van der Waals surface area contributed by atoms with Gasteiger partial charge in [-0.1, -0.05) is 13.8 Å². The van der Waals surface area contributed by atoms with Gasteiger partial charge in [0, 0.05) is 5.69 Å². The zero-order chi connectivity index (χ0) is 15.7. The molecule has 0 radical (unpaired) electrons. The number of aromatic nitrogens is 1. The number of aromatic amines is 1. The summed E-state index contributed by atoms with van der Waals surface area (Å²) in [5.74, 6) is -2.72. The van der Waals surface area contributed by atoms with Gasteiger partial charge in [-0.3, -0.25) is 0 Å². The molecule has 1 N–H and O–H groups in total. The summed E-state index contributed by atoms with van der Waals surface area (Å²) in [6.07, 6.45) is -4.82. The Morgan fingerprint density at radius 3 is 1.85 bits per heavy atom. The van der Waals surface area contributed by atoms with E-state index in [-0.39, 0.29) is 5.69 Å². The first-order valence-electron chi connectivity index (χ1n) is 5.64. The summed E-state index contributed by atoms with van der Waals surface area (Å²) < 4.78 is 47.7.